The van der Waals surface area contributed by atoms with Crippen molar-refractivity contribution < 1.29 is 58.8 Å². The highest BCUT2D eigenvalue weighted by atomic mass is 16.3. The summed E-state index contributed by atoms with van der Waals surface area (Å²) in [6, 6.07) is 44.9. The molecule has 3 aliphatic rings. The Labute approximate surface area is 543 Å². The minimum atomic E-state index is -1.48. The highest BCUT2D eigenvalue weighted by molar-refractivity contribution is 6.00. The highest BCUT2D eigenvalue weighted by Gasteiger charge is 2.43. The number of phenols is 4. The molecule has 0 bridgehead atoms. The average Bonchev–Trinajstić information content (AvgIpc) is 0.799. The van der Waals surface area contributed by atoms with Gasteiger partial charge in [-0.2, -0.15) is 0 Å². The molecule has 8 atom stereocenters. The molecule has 20 nitrogen and oxygen atoms in total. The zero-order valence-electron chi connectivity index (χ0n) is 51.3. The molecule has 0 saturated carbocycles. The van der Waals surface area contributed by atoms with Crippen molar-refractivity contribution in [2.24, 2.45) is 0 Å². The number of hydrogen-bond donors (Lipinski definition) is 10. The van der Waals surface area contributed by atoms with Crippen molar-refractivity contribution in [3.63, 3.8) is 0 Å². The van der Waals surface area contributed by atoms with Gasteiger partial charge in [-0.05, 0) is 104 Å². The highest BCUT2D eigenvalue weighted by Crippen LogP contribution is 2.29. The Morgan fingerprint density at radius 3 is 0.777 bits per heavy atom. The van der Waals surface area contributed by atoms with Crippen LogP contribution >= 0.6 is 0 Å². The van der Waals surface area contributed by atoms with Crippen molar-refractivity contribution in [2.45, 2.75) is 113 Å². The number of carbonyl (C=O) groups is 8. The van der Waals surface area contributed by atoms with Crippen LogP contribution in [-0.4, -0.2) is 126 Å². The van der Waals surface area contributed by atoms with E-state index < -0.39 is 95.6 Å². The van der Waals surface area contributed by atoms with E-state index in [1.165, 1.54) is 58.3 Å². The number of amides is 8. The number of nitrogens with zero attached hydrogens (tertiary/aromatic N) is 2. The van der Waals surface area contributed by atoms with Gasteiger partial charge in [0.1, 0.15) is 71.3 Å². The van der Waals surface area contributed by atoms with Gasteiger partial charge in [0, 0.05) is 64.5 Å². The molecule has 0 aliphatic carbocycles. The third kappa shape index (κ3) is 16.1. The number of aromatic hydroxyl groups is 4. The topological polar surface area (TPSA) is 296 Å². The van der Waals surface area contributed by atoms with E-state index in [4.69, 9.17) is 0 Å². The lowest BCUT2D eigenvalue weighted by molar-refractivity contribution is -0.146. The van der Waals surface area contributed by atoms with E-state index in [-0.39, 0.29) is 87.5 Å². The quantitative estimate of drug-likeness (QED) is 0.0765. The summed E-state index contributed by atoms with van der Waals surface area (Å²) in [5.74, 6) is -6.45. The molecule has 3 aliphatic heterocycles. The first-order valence-electron chi connectivity index (χ1n) is 31.2. The Morgan fingerprint density at radius 1 is 0.266 bits per heavy atom. The van der Waals surface area contributed by atoms with Crippen LogP contribution in [0.4, 0.5) is 0 Å². The Balaban J connectivity index is 1.05. The Hall–Kier alpha value is -11.3. The molecule has 480 valence electrons. The van der Waals surface area contributed by atoms with Crippen LogP contribution in [0.5, 0.6) is 23.0 Å². The van der Waals surface area contributed by atoms with Crippen LogP contribution in [-0.2, 0) is 103 Å². The molecule has 10 N–H and O–H groups in total. The fourth-order valence-corrected chi connectivity index (χ4v) is 12.4. The van der Waals surface area contributed by atoms with Crippen molar-refractivity contribution in [1.29, 1.82) is 0 Å². The first-order chi connectivity index (χ1) is 45.5. The molecule has 1 fully saturated rings. The molecule has 3 heterocycles. The maximum Gasteiger partial charge on any atom is 0.246 e. The minimum Gasteiger partial charge on any atom is -0.508 e. The van der Waals surface area contributed by atoms with Crippen molar-refractivity contribution in [3.8, 4) is 23.0 Å². The van der Waals surface area contributed by atoms with Gasteiger partial charge in [-0.15, -0.1) is 0 Å². The minimum absolute atomic E-state index is 0.0346. The van der Waals surface area contributed by atoms with Gasteiger partial charge in [-0.3, -0.25) is 38.4 Å². The summed E-state index contributed by atoms with van der Waals surface area (Å²) in [7, 11) is 0. The third-order valence-corrected chi connectivity index (χ3v) is 17.5. The normalized spacial score (nSPS) is 21.7. The van der Waals surface area contributed by atoms with Gasteiger partial charge in [-0.25, -0.2) is 0 Å². The summed E-state index contributed by atoms with van der Waals surface area (Å²) in [5, 5.41) is 59.0. The maximum absolute atomic E-state index is 15.8. The van der Waals surface area contributed by atoms with Crippen LogP contribution in [0.2, 0.25) is 0 Å². The van der Waals surface area contributed by atoms with E-state index in [1.54, 1.807) is 133 Å². The summed E-state index contributed by atoms with van der Waals surface area (Å²) < 4.78 is 0. The Bertz CT molecular complexity index is 3780. The van der Waals surface area contributed by atoms with Gasteiger partial charge < -0.3 is 62.1 Å². The lowest BCUT2D eigenvalue weighted by Gasteiger charge is -2.39. The second-order valence-electron chi connectivity index (χ2n) is 24.1. The van der Waals surface area contributed by atoms with Crippen LogP contribution in [0.3, 0.4) is 0 Å². The molecule has 8 aromatic rings. The van der Waals surface area contributed by atoms with Crippen molar-refractivity contribution in [3.05, 3.63) is 262 Å². The second kappa shape index (κ2) is 29.3. The molecule has 11 rings (SSSR count). The van der Waals surface area contributed by atoms with E-state index in [0.717, 1.165) is 11.1 Å². The van der Waals surface area contributed by atoms with E-state index in [9.17, 15) is 20.4 Å². The predicted molar refractivity (Wildman–Crippen MR) is 348 cm³/mol. The van der Waals surface area contributed by atoms with Crippen LogP contribution in [0.1, 0.15) is 55.6 Å². The number of nitrogens with one attached hydrogen (secondary N) is 6. The summed E-state index contributed by atoms with van der Waals surface area (Å²) in [4.78, 5) is 127. The number of hydrogen-bond acceptors (Lipinski definition) is 12. The van der Waals surface area contributed by atoms with Crippen LogP contribution in [0.25, 0.3) is 0 Å². The fraction of sp³-hybridized carbons (Fsp3) is 0.243. The third-order valence-electron chi connectivity index (χ3n) is 17.5. The Kier molecular flexibility index (Phi) is 20.1. The van der Waals surface area contributed by atoms with E-state index >= 15 is 38.4 Å². The first kappa shape index (κ1) is 64.3. The Morgan fingerprint density at radius 2 is 0.489 bits per heavy atom. The fourth-order valence-electron chi connectivity index (χ4n) is 12.4. The summed E-state index contributed by atoms with van der Waals surface area (Å²) >= 11 is 0. The average molecular weight is 1270 g/mol. The van der Waals surface area contributed by atoms with E-state index in [1.807, 2.05) is 24.3 Å². The van der Waals surface area contributed by atoms with Gasteiger partial charge in [0.15, 0.2) is 0 Å². The van der Waals surface area contributed by atoms with Gasteiger partial charge in [0.2, 0.25) is 47.3 Å². The number of carbonyl (C=O) groups excluding carboxylic acids is 8. The van der Waals surface area contributed by atoms with E-state index in [0.29, 0.717) is 44.5 Å². The molecular weight excluding hydrogens is 1190 g/mol. The molecule has 0 unspecified atom stereocenters. The second-order valence-corrected chi connectivity index (χ2v) is 24.1. The number of benzene rings is 8. The van der Waals surface area contributed by atoms with Crippen molar-refractivity contribution >= 4 is 47.3 Å². The molecular formula is C74H72N8O12. The molecule has 8 amide bonds. The molecule has 94 heavy (non-hydrogen) atoms. The van der Waals surface area contributed by atoms with Crippen LogP contribution in [0.15, 0.2) is 206 Å². The zero-order chi connectivity index (χ0) is 65.8. The molecule has 0 aromatic heterocycles. The molecule has 0 spiro atoms. The van der Waals surface area contributed by atoms with Gasteiger partial charge in [0.25, 0.3) is 0 Å². The molecule has 20 heteroatoms. The standard InChI is InChI=1S/C74H72N8O12/c83-55-27-19-47(20-28-55)37-59-69(89)79-64(40-50-25-33-58(86)34-26-50)74(94)82-44-54-18-10-8-16-52(54)42-66(82)72(92)78-62(36-46-13-5-2-6-14-46)68(88)76-60(38-48-21-29-56(84)30-22-48)70(90)80-63(39-49-23-31-57(85)32-24-49)73(93)81-43-53-17-9-7-15-51(53)41-65(81)71(91)77-61(67(87)75-59)35-45-11-3-1-4-12-45/h1-34,59-66,83-86H,35-44H2,(H,75,87)(H,76,88)(H,77,91)(H,78,92)(H,79,89)(H,80,90)/t59-,60-,61-,62-,63-,64-,65+,66+/m0/s1. The van der Waals surface area contributed by atoms with E-state index in [2.05, 4.69) is 31.9 Å². The largest absolute Gasteiger partial charge is 0.508 e. The lowest BCUT2D eigenvalue weighted by Crippen LogP contribution is -2.64. The molecule has 8 aromatic carbocycles. The molecule has 0 radical (unpaired) electrons. The lowest BCUT2D eigenvalue weighted by atomic mass is 9.91. The zero-order valence-corrected chi connectivity index (χ0v) is 51.3. The number of fused-ring (bicyclic) bond motifs is 4. The summed E-state index contributed by atoms with van der Waals surface area (Å²) in [6.45, 7) is -0.246. The van der Waals surface area contributed by atoms with Crippen molar-refractivity contribution in [1.82, 2.24) is 41.7 Å². The van der Waals surface area contributed by atoms with Gasteiger partial charge >= 0.3 is 0 Å². The van der Waals surface area contributed by atoms with Gasteiger partial charge in [0.05, 0.1) is 0 Å². The summed E-state index contributed by atoms with van der Waals surface area (Å²) in [6.07, 6.45) is -1.02. The SMILES string of the molecule is O=C1N[C@@H](Cc2ccc(O)cc2)C(=O)N2Cc3ccccc3C[C@@H]2C(=O)N[C@@H](Cc2ccccc2)C(=O)N[C@@H](Cc2ccc(O)cc2)C(=O)N[C@@H](Cc2ccc(O)cc2)C(=O)N2Cc3ccccc3C[C@@H]2C(=O)N[C@@H](Cc2ccccc2)C(=O)N[C@H]1Cc1ccc(O)cc1. The van der Waals surface area contributed by atoms with Crippen LogP contribution < -0.4 is 31.9 Å². The van der Waals surface area contributed by atoms with Crippen molar-refractivity contribution in [2.75, 3.05) is 0 Å². The maximum atomic E-state index is 15.8. The predicted octanol–water partition coefficient (Wildman–Crippen LogP) is 5.09. The van der Waals surface area contributed by atoms with Gasteiger partial charge in [-0.1, -0.05) is 158 Å². The first-order valence-corrected chi connectivity index (χ1v) is 31.2. The molecule has 1 saturated heterocycles. The number of phenolic OH excluding ortho intramolecular Hbond substituents is 4. The smallest absolute Gasteiger partial charge is 0.246 e. The number of rotatable bonds is 12. The van der Waals surface area contributed by atoms with Crippen LogP contribution in [0, 0.1) is 0 Å². The monoisotopic (exact) mass is 1260 g/mol. The summed E-state index contributed by atoms with van der Waals surface area (Å²) in [5.41, 5.74) is 6.11.